The fraction of sp³-hybridized carbons (Fsp3) is 0.294. The second kappa shape index (κ2) is 7.75. The Hall–Kier alpha value is -2.14. The van der Waals surface area contributed by atoms with E-state index >= 15 is 0 Å². The predicted octanol–water partition coefficient (Wildman–Crippen LogP) is 3.54. The molecular weight excluding hydrogens is 298 g/mol. The molecule has 116 valence electrons. The maximum absolute atomic E-state index is 12.6. The van der Waals surface area contributed by atoms with E-state index in [1.807, 2.05) is 18.4 Å². The molecule has 22 heavy (non-hydrogen) atoms. The highest BCUT2D eigenvalue weighted by molar-refractivity contribution is 7.09. The Balaban J connectivity index is 2.11. The number of aromatic carboxylic acids is 1. The van der Waals surface area contributed by atoms with Crippen molar-refractivity contribution in [2.75, 3.05) is 13.1 Å². The van der Waals surface area contributed by atoms with Gasteiger partial charge in [-0.05, 0) is 42.5 Å². The van der Waals surface area contributed by atoms with Gasteiger partial charge in [0.2, 0.25) is 0 Å². The summed E-state index contributed by atoms with van der Waals surface area (Å²) >= 11 is 1.68. The van der Waals surface area contributed by atoms with Gasteiger partial charge >= 0.3 is 5.97 Å². The number of rotatable bonds is 7. The van der Waals surface area contributed by atoms with Crippen molar-refractivity contribution in [3.8, 4) is 0 Å². The standard InChI is InChI=1S/C17H19NO3S/c1-2-9-18(10-8-15-7-4-11-22-15)16(19)13-5-3-6-14(12-13)17(20)21/h3-7,11-12H,2,8-10H2,1H3,(H,20,21). The highest BCUT2D eigenvalue weighted by Gasteiger charge is 2.16. The summed E-state index contributed by atoms with van der Waals surface area (Å²) in [6.07, 6.45) is 1.69. The third-order valence-electron chi connectivity index (χ3n) is 3.35. The van der Waals surface area contributed by atoms with Crippen molar-refractivity contribution in [1.82, 2.24) is 4.90 Å². The van der Waals surface area contributed by atoms with E-state index in [-0.39, 0.29) is 11.5 Å². The fourth-order valence-corrected chi connectivity index (χ4v) is 2.95. The number of carboxylic acids is 1. The number of carbonyl (C=O) groups is 2. The number of hydrogen-bond acceptors (Lipinski definition) is 3. The van der Waals surface area contributed by atoms with Crippen LogP contribution in [-0.2, 0) is 6.42 Å². The number of benzene rings is 1. The summed E-state index contributed by atoms with van der Waals surface area (Å²) in [5, 5.41) is 11.1. The number of thiophene rings is 1. The SMILES string of the molecule is CCCN(CCc1cccs1)C(=O)c1cccc(C(=O)O)c1. The first kappa shape index (κ1) is 16.2. The number of hydrogen-bond donors (Lipinski definition) is 1. The molecule has 2 rings (SSSR count). The Morgan fingerprint density at radius 3 is 2.55 bits per heavy atom. The Morgan fingerprint density at radius 2 is 1.91 bits per heavy atom. The van der Waals surface area contributed by atoms with Crippen LogP contribution in [0.5, 0.6) is 0 Å². The third-order valence-corrected chi connectivity index (χ3v) is 4.28. The van der Waals surface area contributed by atoms with Crippen molar-refractivity contribution >= 4 is 23.2 Å². The van der Waals surface area contributed by atoms with E-state index in [9.17, 15) is 9.59 Å². The van der Waals surface area contributed by atoms with E-state index in [2.05, 4.69) is 6.07 Å². The molecule has 0 atom stereocenters. The minimum Gasteiger partial charge on any atom is -0.478 e. The molecule has 1 amide bonds. The molecule has 0 aliphatic carbocycles. The largest absolute Gasteiger partial charge is 0.478 e. The first-order valence-corrected chi connectivity index (χ1v) is 8.14. The molecule has 0 bridgehead atoms. The van der Waals surface area contributed by atoms with Crippen LogP contribution in [0.3, 0.4) is 0 Å². The van der Waals surface area contributed by atoms with Gasteiger partial charge in [0.25, 0.3) is 5.91 Å². The number of carbonyl (C=O) groups excluding carboxylic acids is 1. The first-order valence-electron chi connectivity index (χ1n) is 7.27. The van der Waals surface area contributed by atoms with Crippen LogP contribution in [0, 0.1) is 0 Å². The second-order valence-electron chi connectivity index (χ2n) is 5.01. The van der Waals surface area contributed by atoms with Crippen LogP contribution >= 0.6 is 11.3 Å². The average Bonchev–Trinajstić information content (AvgIpc) is 3.04. The lowest BCUT2D eigenvalue weighted by atomic mass is 10.1. The molecule has 0 saturated heterocycles. The van der Waals surface area contributed by atoms with Gasteiger partial charge in [-0.25, -0.2) is 4.79 Å². The van der Waals surface area contributed by atoms with Gasteiger partial charge in [-0.1, -0.05) is 19.1 Å². The first-order chi connectivity index (χ1) is 10.6. The minimum absolute atomic E-state index is 0.110. The van der Waals surface area contributed by atoms with Crippen LogP contribution in [-0.4, -0.2) is 35.0 Å². The van der Waals surface area contributed by atoms with E-state index in [1.54, 1.807) is 28.4 Å². The Morgan fingerprint density at radius 1 is 1.14 bits per heavy atom. The summed E-state index contributed by atoms with van der Waals surface area (Å²) in [5.41, 5.74) is 0.570. The molecule has 0 aliphatic heterocycles. The summed E-state index contributed by atoms with van der Waals surface area (Å²) in [4.78, 5) is 26.7. The van der Waals surface area contributed by atoms with E-state index in [1.165, 1.54) is 17.0 Å². The zero-order chi connectivity index (χ0) is 15.9. The monoisotopic (exact) mass is 317 g/mol. The molecule has 2 aromatic rings. The van der Waals surface area contributed by atoms with Gasteiger partial charge in [0.15, 0.2) is 0 Å². The van der Waals surface area contributed by atoms with E-state index in [4.69, 9.17) is 5.11 Å². The van der Waals surface area contributed by atoms with Gasteiger partial charge in [-0.2, -0.15) is 0 Å². The zero-order valence-electron chi connectivity index (χ0n) is 12.5. The van der Waals surface area contributed by atoms with Crippen molar-refractivity contribution in [1.29, 1.82) is 0 Å². The van der Waals surface area contributed by atoms with Crippen molar-refractivity contribution in [2.24, 2.45) is 0 Å². The van der Waals surface area contributed by atoms with Crippen LogP contribution in [0.4, 0.5) is 0 Å². The molecule has 1 N–H and O–H groups in total. The topological polar surface area (TPSA) is 57.6 Å². The van der Waals surface area contributed by atoms with Crippen molar-refractivity contribution in [2.45, 2.75) is 19.8 Å². The summed E-state index contributed by atoms with van der Waals surface area (Å²) < 4.78 is 0. The van der Waals surface area contributed by atoms with Crippen LogP contribution in [0.25, 0.3) is 0 Å². The third kappa shape index (κ3) is 4.18. The minimum atomic E-state index is -1.02. The lowest BCUT2D eigenvalue weighted by molar-refractivity contribution is 0.0697. The average molecular weight is 317 g/mol. The molecule has 1 aromatic heterocycles. The van der Waals surface area contributed by atoms with Crippen LogP contribution in [0.2, 0.25) is 0 Å². The molecule has 0 radical (unpaired) electrons. The van der Waals surface area contributed by atoms with Crippen molar-refractivity contribution in [3.05, 3.63) is 57.8 Å². The van der Waals surface area contributed by atoms with Gasteiger partial charge in [0.1, 0.15) is 0 Å². The summed E-state index contributed by atoms with van der Waals surface area (Å²) in [6.45, 7) is 3.34. The smallest absolute Gasteiger partial charge is 0.335 e. The molecule has 0 unspecified atom stereocenters. The molecule has 5 heteroatoms. The van der Waals surface area contributed by atoms with Crippen molar-refractivity contribution < 1.29 is 14.7 Å². The summed E-state index contributed by atoms with van der Waals surface area (Å²) in [5.74, 6) is -1.13. The molecule has 0 fully saturated rings. The predicted molar refractivity (Wildman–Crippen MR) is 87.6 cm³/mol. The van der Waals surface area contributed by atoms with Gasteiger partial charge in [-0.3, -0.25) is 4.79 Å². The van der Waals surface area contributed by atoms with Crippen LogP contribution in [0.1, 0.15) is 38.9 Å². The lowest BCUT2D eigenvalue weighted by Gasteiger charge is -2.22. The van der Waals surface area contributed by atoms with Gasteiger partial charge in [-0.15, -0.1) is 11.3 Å². The quantitative estimate of drug-likeness (QED) is 0.849. The lowest BCUT2D eigenvalue weighted by Crippen LogP contribution is -2.33. The molecule has 1 aromatic carbocycles. The molecular formula is C17H19NO3S. The highest BCUT2D eigenvalue weighted by Crippen LogP contribution is 2.13. The highest BCUT2D eigenvalue weighted by atomic mass is 32.1. The van der Waals surface area contributed by atoms with E-state index in [0.29, 0.717) is 18.7 Å². The molecule has 0 spiro atoms. The van der Waals surface area contributed by atoms with Gasteiger partial charge in [0.05, 0.1) is 5.56 Å². The second-order valence-corrected chi connectivity index (χ2v) is 6.04. The Labute approximate surface area is 134 Å². The number of carboxylic acid groups (broad SMARTS) is 1. The van der Waals surface area contributed by atoms with Crippen LogP contribution < -0.4 is 0 Å². The molecule has 0 saturated carbocycles. The van der Waals surface area contributed by atoms with Crippen molar-refractivity contribution in [3.63, 3.8) is 0 Å². The fourth-order valence-electron chi connectivity index (χ4n) is 2.25. The van der Waals surface area contributed by atoms with Crippen LogP contribution in [0.15, 0.2) is 41.8 Å². The van der Waals surface area contributed by atoms with Gasteiger partial charge < -0.3 is 10.0 Å². The van der Waals surface area contributed by atoms with E-state index in [0.717, 1.165) is 12.8 Å². The maximum Gasteiger partial charge on any atom is 0.335 e. The number of nitrogens with zero attached hydrogens (tertiary/aromatic N) is 1. The van der Waals surface area contributed by atoms with Gasteiger partial charge in [0, 0.05) is 23.5 Å². The summed E-state index contributed by atoms with van der Waals surface area (Å²) in [7, 11) is 0. The Bertz CT molecular complexity index is 637. The van der Waals surface area contributed by atoms with E-state index < -0.39 is 5.97 Å². The zero-order valence-corrected chi connectivity index (χ0v) is 13.3. The Kier molecular flexibility index (Phi) is 5.72. The molecule has 0 aliphatic rings. The maximum atomic E-state index is 12.6. The number of amides is 1. The summed E-state index contributed by atoms with van der Waals surface area (Å²) in [6, 6.07) is 10.3. The normalized spacial score (nSPS) is 10.4. The molecule has 1 heterocycles. The molecule has 4 nitrogen and oxygen atoms in total.